The van der Waals surface area contributed by atoms with Gasteiger partial charge in [-0.2, -0.15) is 23.1 Å². The zero-order valence-electron chi connectivity index (χ0n) is 19.0. The van der Waals surface area contributed by atoms with Crippen molar-refractivity contribution >= 4 is 22.8 Å². The number of aromatic nitrogens is 4. The highest BCUT2D eigenvalue weighted by atomic mass is 19.4. The highest BCUT2D eigenvalue weighted by Gasteiger charge is 2.30. The lowest BCUT2D eigenvalue weighted by Crippen LogP contribution is -2.31. The van der Waals surface area contributed by atoms with Crippen LogP contribution in [0, 0.1) is 5.92 Å². The third-order valence-corrected chi connectivity index (χ3v) is 5.14. The number of carboxylic acid groups (broad SMARTS) is 1. The second-order valence-electron chi connectivity index (χ2n) is 8.29. The van der Waals surface area contributed by atoms with Crippen LogP contribution >= 0.6 is 0 Å². The van der Waals surface area contributed by atoms with E-state index in [1.165, 1.54) is 36.2 Å². The lowest BCUT2D eigenvalue weighted by molar-refractivity contribution is -0.138. The summed E-state index contributed by atoms with van der Waals surface area (Å²) < 4.78 is 51.4. The van der Waals surface area contributed by atoms with Crippen molar-refractivity contribution in [2.75, 3.05) is 12.4 Å². The number of anilines is 1. The van der Waals surface area contributed by atoms with Crippen LogP contribution in [0.25, 0.3) is 28.4 Å². The van der Waals surface area contributed by atoms with Gasteiger partial charge >= 0.3 is 12.1 Å². The Kier molecular flexibility index (Phi) is 6.37. The molecule has 4 rings (SSSR count). The summed E-state index contributed by atoms with van der Waals surface area (Å²) in [4.78, 5) is 24.5. The molecule has 0 spiro atoms. The topological polar surface area (TPSA) is 115 Å². The van der Waals surface area contributed by atoms with Crippen molar-refractivity contribution in [3.05, 3.63) is 48.4 Å². The Morgan fingerprint density at radius 2 is 2.00 bits per heavy atom. The predicted molar refractivity (Wildman–Crippen MR) is 120 cm³/mol. The quantitative estimate of drug-likeness (QED) is 0.355. The van der Waals surface area contributed by atoms with Gasteiger partial charge in [-0.3, -0.25) is 4.57 Å². The molecule has 2 N–H and O–H groups in total. The maximum atomic E-state index is 13.0. The molecule has 0 aliphatic heterocycles. The third kappa shape index (κ3) is 5.36. The molecule has 0 amide bonds. The van der Waals surface area contributed by atoms with Crippen LogP contribution in [0.3, 0.4) is 0 Å². The van der Waals surface area contributed by atoms with Gasteiger partial charge in [0.1, 0.15) is 29.5 Å². The number of imidazole rings is 1. The molecule has 0 aliphatic carbocycles. The van der Waals surface area contributed by atoms with E-state index in [2.05, 4.69) is 20.3 Å². The Hall–Kier alpha value is -4.09. The molecule has 4 aromatic rings. The number of ether oxygens (including phenoxy) is 1. The number of halogens is 3. The van der Waals surface area contributed by atoms with Gasteiger partial charge in [0, 0.05) is 17.6 Å². The number of rotatable bonds is 8. The standard InChI is InChI=1S/C23H22F3N5O4/c1-12(2)6-15(21(32)33)28-19-9-20(34-3)30-22(29-19)31-10-16(27-11-31)18-8-13-7-14(23(24,25)26)4-5-17(13)35-18/h4-5,7-12,15H,6H2,1-3H3,(H,32,33)(H,28,29,30). The average Bonchev–Trinajstić information content (AvgIpc) is 3.44. The highest BCUT2D eigenvalue weighted by Crippen LogP contribution is 2.34. The zero-order valence-corrected chi connectivity index (χ0v) is 19.0. The fraction of sp³-hybridized carbons (Fsp3) is 0.304. The van der Waals surface area contributed by atoms with Crippen molar-refractivity contribution in [2.24, 2.45) is 5.92 Å². The van der Waals surface area contributed by atoms with Gasteiger partial charge in [-0.05, 0) is 36.6 Å². The van der Waals surface area contributed by atoms with Crippen LogP contribution in [-0.2, 0) is 11.0 Å². The van der Waals surface area contributed by atoms with E-state index in [1.807, 2.05) is 13.8 Å². The molecular formula is C23H22F3N5O4. The molecule has 184 valence electrons. The van der Waals surface area contributed by atoms with Gasteiger partial charge in [-0.25, -0.2) is 9.78 Å². The van der Waals surface area contributed by atoms with Gasteiger partial charge in [0.05, 0.1) is 12.7 Å². The largest absolute Gasteiger partial charge is 0.481 e. The number of hydrogen-bond donors (Lipinski definition) is 2. The summed E-state index contributed by atoms with van der Waals surface area (Å²) >= 11 is 0. The number of furan rings is 1. The van der Waals surface area contributed by atoms with E-state index in [0.29, 0.717) is 17.5 Å². The third-order valence-electron chi connectivity index (χ3n) is 5.14. The van der Waals surface area contributed by atoms with Crippen LogP contribution in [0.5, 0.6) is 5.88 Å². The second-order valence-corrected chi connectivity index (χ2v) is 8.29. The van der Waals surface area contributed by atoms with Crippen molar-refractivity contribution in [3.8, 4) is 23.3 Å². The minimum atomic E-state index is -4.46. The van der Waals surface area contributed by atoms with E-state index in [-0.39, 0.29) is 34.9 Å². The van der Waals surface area contributed by atoms with E-state index in [1.54, 1.807) is 6.20 Å². The molecule has 1 atom stereocenters. The summed E-state index contributed by atoms with van der Waals surface area (Å²) in [6.07, 6.45) is -1.12. The van der Waals surface area contributed by atoms with Crippen molar-refractivity contribution in [3.63, 3.8) is 0 Å². The van der Waals surface area contributed by atoms with Gasteiger partial charge in [-0.1, -0.05) is 13.8 Å². The fourth-order valence-electron chi connectivity index (χ4n) is 3.48. The Balaban J connectivity index is 1.65. The van der Waals surface area contributed by atoms with Gasteiger partial charge in [0.15, 0.2) is 5.76 Å². The summed E-state index contributed by atoms with van der Waals surface area (Å²) in [5.74, 6) is -0.0132. The van der Waals surface area contributed by atoms with Crippen LogP contribution in [-0.4, -0.2) is 43.7 Å². The van der Waals surface area contributed by atoms with Crippen molar-refractivity contribution in [1.82, 2.24) is 19.5 Å². The first kappa shape index (κ1) is 24.0. The van der Waals surface area contributed by atoms with E-state index in [4.69, 9.17) is 9.15 Å². The van der Waals surface area contributed by atoms with E-state index >= 15 is 0 Å². The second kappa shape index (κ2) is 9.28. The zero-order chi connectivity index (χ0) is 25.3. The van der Waals surface area contributed by atoms with E-state index < -0.39 is 23.8 Å². The molecule has 1 unspecified atom stereocenters. The summed E-state index contributed by atoms with van der Waals surface area (Å²) in [6.45, 7) is 3.83. The molecule has 0 radical (unpaired) electrons. The van der Waals surface area contributed by atoms with Crippen LogP contribution < -0.4 is 10.1 Å². The molecule has 35 heavy (non-hydrogen) atoms. The van der Waals surface area contributed by atoms with Crippen LogP contribution in [0.2, 0.25) is 0 Å². The highest BCUT2D eigenvalue weighted by molar-refractivity contribution is 5.83. The molecular weight excluding hydrogens is 467 g/mol. The first-order chi connectivity index (χ1) is 16.5. The lowest BCUT2D eigenvalue weighted by Gasteiger charge is -2.17. The van der Waals surface area contributed by atoms with Gasteiger partial charge in [0.25, 0.3) is 0 Å². The average molecular weight is 489 g/mol. The predicted octanol–water partition coefficient (Wildman–Crippen LogP) is 5.01. The minimum Gasteiger partial charge on any atom is -0.481 e. The fourth-order valence-corrected chi connectivity index (χ4v) is 3.48. The van der Waals surface area contributed by atoms with E-state index in [9.17, 15) is 23.1 Å². The number of methoxy groups -OCH3 is 1. The summed E-state index contributed by atoms with van der Waals surface area (Å²) in [7, 11) is 1.42. The number of benzene rings is 1. The maximum absolute atomic E-state index is 13.0. The Bertz CT molecular complexity index is 1360. The number of aliphatic carboxylic acids is 1. The summed E-state index contributed by atoms with van der Waals surface area (Å²) in [6, 6.07) is 5.32. The van der Waals surface area contributed by atoms with Gasteiger partial charge < -0.3 is 19.6 Å². The Morgan fingerprint density at radius 3 is 2.66 bits per heavy atom. The monoisotopic (exact) mass is 489 g/mol. The molecule has 0 aliphatic rings. The van der Waals surface area contributed by atoms with Crippen molar-refractivity contribution < 1.29 is 32.2 Å². The number of hydrogen-bond acceptors (Lipinski definition) is 7. The number of carbonyl (C=O) groups is 1. The van der Waals surface area contributed by atoms with Crippen molar-refractivity contribution in [1.29, 1.82) is 0 Å². The number of fused-ring (bicyclic) bond motifs is 1. The summed E-state index contributed by atoms with van der Waals surface area (Å²) in [5.41, 5.74) is -0.139. The first-order valence-corrected chi connectivity index (χ1v) is 10.6. The molecule has 3 aromatic heterocycles. The Morgan fingerprint density at radius 1 is 1.23 bits per heavy atom. The number of nitrogens with one attached hydrogen (secondary N) is 1. The van der Waals surface area contributed by atoms with Crippen LogP contribution in [0.1, 0.15) is 25.8 Å². The van der Waals surface area contributed by atoms with Crippen LogP contribution in [0.15, 0.2) is 47.3 Å². The lowest BCUT2D eigenvalue weighted by atomic mass is 10.0. The molecule has 9 nitrogen and oxygen atoms in total. The van der Waals surface area contributed by atoms with E-state index in [0.717, 1.165) is 12.1 Å². The molecule has 0 fully saturated rings. The normalized spacial score (nSPS) is 12.8. The minimum absolute atomic E-state index is 0.138. The molecule has 0 saturated heterocycles. The molecule has 0 saturated carbocycles. The molecule has 12 heteroatoms. The summed E-state index contributed by atoms with van der Waals surface area (Å²) in [5, 5.41) is 12.7. The first-order valence-electron chi connectivity index (χ1n) is 10.6. The smallest absolute Gasteiger partial charge is 0.416 e. The number of alkyl halides is 3. The molecule has 3 heterocycles. The molecule has 0 bridgehead atoms. The number of nitrogens with zero attached hydrogens (tertiary/aromatic N) is 4. The van der Waals surface area contributed by atoms with Gasteiger partial charge in [0.2, 0.25) is 11.8 Å². The van der Waals surface area contributed by atoms with Crippen molar-refractivity contribution in [2.45, 2.75) is 32.5 Å². The maximum Gasteiger partial charge on any atom is 0.416 e. The Labute approximate surface area is 197 Å². The molecule has 1 aromatic carbocycles. The number of carboxylic acids is 1. The van der Waals surface area contributed by atoms with Crippen LogP contribution in [0.4, 0.5) is 19.0 Å². The van der Waals surface area contributed by atoms with Gasteiger partial charge in [-0.15, -0.1) is 0 Å². The SMILES string of the molecule is COc1cc(NC(CC(C)C)C(=O)O)nc(-n2cnc(-c3cc4cc(C(F)(F)F)ccc4o3)c2)n1.